The lowest BCUT2D eigenvalue weighted by Crippen LogP contribution is -2.14. The van der Waals surface area contributed by atoms with E-state index in [1.807, 2.05) is 13.8 Å². The van der Waals surface area contributed by atoms with Gasteiger partial charge in [-0.15, -0.1) is 0 Å². The van der Waals surface area contributed by atoms with Crippen molar-refractivity contribution in [2.24, 2.45) is 0 Å². The number of unbranched alkanes of at least 4 members (excludes halogenated alkanes) is 2. The molecular formula is C11H25O4P. The van der Waals surface area contributed by atoms with Crippen molar-refractivity contribution in [2.75, 3.05) is 19.8 Å². The van der Waals surface area contributed by atoms with Crippen molar-refractivity contribution in [1.29, 1.82) is 0 Å². The minimum atomic E-state index is -3.12. The van der Waals surface area contributed by atoms with Crippen LogP contribution in [0, 0.1) is 0 Å². The molecule has 0 bridgehead atoms. The fourth-order valence-corrected chi connectivity index (χ4v) is 2.61. The van der Waals surface area contributed by atoms with Crippen molar-refractivity contribution in [3.63, 3.8) is 0 Å². The van der Waals surface area contributed by atoms with Gasteiger partial charge in [-0.3, -0.25) is 4.57 Å². The first-order chi connectivity index (χ1) is 7.60. The Morgan fingerprint density at radius 2 is 1.56 bits per heavy atom. The monoisotopic (exact) mass is 252 g/mol. The lowest BCUT2D eigenvalue weighted by molar-refractivity contribution is 0.181. The van der Waals surface area contributed by atoms with Crippen LogP contribution in [0.4, 0.5) is 0 Å². The average molecular weight is 252 g/mol. The van der Waals surface area contributed by atoms with Crippen LogP contribution < -0.4 is 0 Å². The van der Waals surface area contributed by atoms with Gasteiger partial charge in [0, 0.05) is 0 Å². The standard InChI is InChI=1S/C11H25O4P/c1-4-6-8-14-16(13,11(3)10-12)15-9-7-5-2/h11-12H,4-10H2,1-3H3. The molecule has 1 unspecified atom stereocenters. The minimum absolute atomic E-state index is 0.171. The molecule has 5 heteroatoms. The first-order valence-electron chi connectivity index (χ1n) is 6.10. The molecule has 0 aromatic rings. The van der Waals surface area contributed by atoms with Crippen molar-refractivity contribution in [3.05, 3.63) is 0 Å². The molecule has 98 valence electrons. The second kappa shape index (κ2) is 9.17. The fraction of sp³-hybridized carbons (Fsp3) is 1.00. The van der Waals surface area contributed by atoms with Gasteiger partial charge in [-0.1, -0.05) is 26.7 Å². The van der Waals surface area contributed by atoms with Crippen LogP contribution >= 0.6 is 7.60 Å². The smallest absolute Gasteiger partial charge is 0.335 e. The molecule has 0 heterocycles. The number of rotatable bonds is 10. The maximum Gasteiger partial charge on any atom is 0.335 e. The zero-order valence-corrected chi connectivity index (χ0v) is 11.5. The van der Waals surface area contributed by atoms with E-state index in [-0.39, 0.29) is 6.61 Å². The van der Waals surface area contributed by atoms with Crippen molar-refractivity contribution in [2.45, 2.75) is 52.1 Å². The van der Waals surface area contributed by atoms with E-state index in [1.165, 1.54) is 0 Å². The maximum atomic E-state index is 12.3. The van der Waals surface area contributed by atoms with Crippen LogP contribution in [0.2, 0.25) is 0 Å². The topological polar surface area (TPSA) is 55.8 Å². The summed E-state index contributed by atoms with van der Waals surface area (Å²) in [6, 6.07) is 0. The molecule has 0 fully saturated rings. The summed E-state index contributed by atoms with van der Waals surface area (Å²) in [4.78, 5) is 0. The third-order valence-electron chi connectivity index (χ3n) is 2.34. The van der Waals surface area contributed by atoms with Gasteiger partial charge in [0.25, 0.3) is 0 Å². The zero-order valence-electron chi connectivity index (χ0n) is 10.6. The van der Waals surface area contributed by atoms with E-state index in [0.29, 0.717) is 13.2 Å². The van der Waals surface area contributed by atoms with Crippen LogP contribution in [0.5, 0.6) is 0 Å². The summed E-state index contributed by atoms with van der Waals surface area (Å²) in [5, 5.41) is 9.05. The van der Waals surface area contributed by atoms with E-state index in [4.69, 9.17) is 14.2 Å². The van der Waals surface area contributed by atoms with Crippen LogP contribution in [-0.2, 0) is 13.6 Å². The van der Waals surface area contributed by atoms with E-state index in [1.54, 1.807) is 6.92 Å². The highest BCUT2D eigenvalue weighted by atomic mass is 31.2. The van der Waals surface area contributed by atoms with E-state index < -0.39 is 13.3 Å². The van der Waals surface area contributed by atoms with Crippen LogP contribution in [-0.4, -0.2) is 30.6 Å². The van der Waals surface area contributed by atoms with E-state index in [0.717, 1.165) is 25.7 Å². The molecule has 0 radical (unpaired) electrons. The predicted octanol–water partition coefficient (Wildman–Crippen LogP) is 3.19. The van der Waals surface area contributed by atoms with Gasteiger partial charge < -0.3 is 14.2 Å². The average Bonchev–Trinajstić information content (AvgIpc) is 2.28. The molecule has 0 aromatic heterocycles. The number of aliphatic hydroxyl groups excluding tert-OH is 1. The van der Waals surface area contributed by atoms with Crippen LogP contribution in [0.3, 0.4) is 0 Å². The fourth-order valence-electron chi connectivity index (χ4n) is 1.06. The summed E-state index contributed by atoms with van der Waals surface area (Å²) in [7, 11) is -3.12. The summed E-state index contributed by atoms with van der Waals surface area (Å²) < 4.78 is 23.0. The molecule has 0 spiro atoms. The van der Waals surface area contributed by atoms with Crippen molar-refractivity contribution in [3.8, 4) is 0 Å². The first-order valence-corrected chi connectivity index (χ1v) is 7.71. The Morgan fingerprint density at radius 1 is 1.12 bits per heavy atom. The second-order valence-electron chi connectivity index (χ2n) is 3.94. The predicted molar refractivity (Wildman–Crippen MR) is 65.9 cm³/mol. The Balaban J connectivity index is 4.19. The third kappa shape index (κ3) is 6.00. The number of hydrogen-bond acceptors (Lipinski definition) is 4. The van der Waals surface area contributed by atoms with Gasteiger partial charge in [0.1, 0.15) is 0 Å². The van der Waals surface area contributed by atoms with Gasteiger partial charge >= 0.3 is 7.60 Å². The molecule has 0 aromatic carbocycles. The van der Waals surface area contributed by atoms with Gasteiger partial charge in [0.15, 0.2) is 0 Å². The summed E-state index contributed by atoms with van der Waals surface area (Å²) in [6.07, 6.45) is 3.70. The van der Waals surface area contributed by atoms with Crippen molar-refractivity contribution in [1.82, 2.24) is 0 Å². The third-order valence-corrected chi connectivity index (χ3v) is 4.67. The quantitative estimate of drug-likeness (QED) is 0.479. The molecule has 0 aliphatic carbocycles. The highest BCUT2D eigenvalue weighted by Gasteiger charge is 2.31. The lowest BCUT2D eigenvalue weighted by Gasteiger charge is -2.22. The summed E-state index contributed by atoms with van der Waals surface area (Å²) >= 11 is 0. The normalized spacial score (nSPS) is 14.0. The zero-order chi connectivity index (χ0) is 12.4. The molecule has 1 N–H and O–H groups in total. The maximum absolute atomic E-state index is 12.3. The van der Waals surface area contributed by atoms with E-state index in [2.05, 4.69) is 0 Å². The SMILES string of the molecule is CCCCOP(=O)(OCCCC)C(C)CO. The van der Waals surface area contributed by atoms with Crippen molar-refractivity contribution < 1.29 is 18.7 Å². The summed E-state index contributed by atoms with van der Waals surface area (Å²) in [6.45, 7) is 6.48. The minimum Gasteiger partial charge on any atom is -0.395 e. The number of hydrogen-bond donors (Lipinski definition) is 1. The van der Waals surface area contributed by atoms with Gasteiger partial charge in [-0.2, -0.15) is 0 Å². The van der Waals surface area contributed by atoms with Gasteiger partial charge in [-0.25, -0.2) is 0 Å². The molecule has 0 saturated heterocycles. The molecule has 0 saturated carbocycles. The first kappa shape index (κ1) is 16.1. The second-order valence-corrected chi connectivity index (χ2v) is 6.42. The molecule has 0 amide bonds. The molecular weight excluding hydrogens is 227 g/mol. The largest absolute Gasteiger partial charge is 0.395 e. The summed E-state index contributed by atoms with van der Waals surface area (Å²) in [5.74, 6) is 0. The molecule has 0 aliphatic rings. The molecule has 1 atom stereocenters. The Morgan fingerprint density at radius 3 is 1.88 bits per heavy atom. The van der Waals surface area contributed by atoms with Gasteiger partial charge in [0.05, 0.1) is 25.5 Å². The van der Waals surface area contributed by atoms with Crippen molar-refractivity contribution >= 4 is 7.60 Å². The lowest BCUT2D eigenvalue weighted by atomic mass is 10.4. The van der Waals surface area contributed by atoms with E-state index >= 15 is 0 Å². The van der Waals surface area contributed by atoms with Crippen LogP contribution in [0.1, 0.15) is 46.5 Å². The van der Waals surface area contributed by atoms with Crippen LogP contribution in [0.25, 0.3) is 0 Å². The number of aliphatic hydroxyl groups is 1. The molecule has 0 rings (SSSR count). The Labute approximate surface area is 98.9 Å². The molecule has 4 nitrogen and oxygen atoms in total. The summed E-state index contributed by atoms with van der Waals surface area (Å²) in [5.41, 5.74) is -0.443. The Kier molecular flexibility index (Phi) is 9.24. The van der Waals surface area contributed by atoms with Crippen LogP contribution in [0.15, 0.2) is 0 Å². The van der Waals surface area contributed by atoms with Gasteiger partial charge in [0.2, 0.25) is 0 Å². The highest BCUT2D eigenvalue weighted by Crippen LogP contribution is 2.53. The van der Waals surface area contributed by atoms with E-state index in [9.17, 15) is 4.57 Å². The van der Waals surface area contributed by atoms with Gasteiger partial charge in [-0.05, 0) is 19.8 Å². The Bertz CT molecular complexity index is 194. The Hall–Kier alpha value is 0.110. The molecule has 0 aliphatic heterocycles. The molecule has 16 heavy (non-hydrogen) atoms. The highest BCUT2D eigenvalue weighted by molar-refractivity contribution is 7.54.